The SMILES string of the molecule is CCN(CC)CCN(Cc1ccccc1)C(=O)c1ccc(CN)cc1.Cl.Cl. The lowest BCUT2D eigenvalue weighted by Crippen LogP contribution is -2.38. The molecule has 0 aliphatic heterocycles. The first-order valence-corrected chi connectivity index (χ1v) is 9.02. The smallest absolute Gasteiger partial charge is 0.254 e. The van der Waals surface area contributed by atoms with E-state index in [1.54, 1.807) is 0 Å². The minimum Gasteiger partial charge on any atom is -0.333 e. The van der Waals surface area contributed by atoms with Crippen molar-refractivity contribution >= 4 is 30.7 Å². The number of nitrogens with two attached hydrogens (primary N) is 1. The highest BCUT2D eigenvalue weighted by Crippen LogP contribution is 2.12. The highest BCUT2D eigenvalue weighted by Gasteiger charge is 2.17. The average molecular weight is 412 g/mol. The molecule has 0 aliphatic rings. The molecule has 0 saturated carbocycles. The zero-order chi connectivity index (χ0) is 18.1. The van der Waals surface area contributed by atoms with Crippen LogP contribution in [-0.2, 0) is 13.1 Å². The van der Waals surface area contributed by atoms with E-state index in [1.165, 1.54) is 0 Å². The Kier molecular flexibility index (Phi) is 12.8. The Morgan fingerprint density at radius 3 is 1.96 bits per heavy atom. The molecule has 0 fully saturated rings. The fourth-order valence-corrected chi connectivity index (χ4v) is 2.82. The van der Waals surface area contributed by atoms with Gasteiger partial charge in [0.1, 0.15) is 0 Å². The quantitative estimate of drug-likeness (QED) is 0.678. The molecule has 0 heterocycles. The highest BCUT2D eigenvalue weighted by molar-refractivity contribution is 5.94. The van der Waals surface area contributed by atoms with Crippen molar-refractivity contribution in [2.45, 2.75) is 26.9 Å². The van der Waals surface area contributed by atoms with Crippen LogP contribution in [0.15, 0.2) is 54.6 Å². The summed E-state index contributed by atoms with van der Waals surface area (Å²) in [5.74, 6) is 0.0691. The van der Waals surface area contributed by atoms with Gasteiger partial charge in [0.05, 0.1) is 0 Å². The number of benzene rings is 2. The molecule has 0 unspecified atom stereocenters. The summed E-state index contributed by atoms with van der Waals surface area (Å²) in [5, 5.41) is 0. The summed E-state index contributed by atoms with van der Waals surface area (Å²) in [5.41, 5.74) is 8.55. The lowest BCUT2D eigenvalue weighted by molar-refractivity contribution is 0.0724. The van der Waals surface area contributed by atoms with Gasteiger partial charge in [0.15, 0.2) is 0 Å². The molecule has 4 nitrogen and oxygen atoms in total. The molecule has 27 heavy (non-hydrogen) atoms. The maximum atomic E-state index is 13.0. The van der Waals surface area contributed by atoms with Crippen molar-refractivity contribution in [3.63, 3.8) is 0 Å². The van der Waals surface area contributed by atoms with Gasteiger partial charge in [-0.2, -0.15) is 0 Å². The van der Waals surface area contributed by atoms with E-state index in [9.17, 15) is 4.79 Å². The Bertz CT molecular complexity index is 646. The molecule has 0 spiro atoms. The van der Waals surface area contributed by atoms with Gasteiger partial charge in [0.25, 0.3) is 5.91 Å². The second-order valence-corrected chi connectivity index (χ2v) is 6.14. The first-order valence-electron chi connectivity index (χ1n) is 9.02. The summed E-state index contributed by atoms with van der Waals surface area (Å²) in [6, 6.07) is 17.8. The van der Waals surface area contributed by atoms with Gasteiger partial charge in [0.2, 0.25) is 0 Å². The fourth-order valence-electron chi connectivity index (χ4n) is 2.82. The highest BCUT2D eigenvalue weighted by atomic mass is 35.5. The molecule has 0 saturated heterocycles. The number of carbonyl (C=O) groups is 1. The van der Waals surface area contributed by atoms with Crippen LogP contribution < -0.4 is 5.73 Å². The molecule has 0 radical (unpaired) electrons. The average Bonchev–Trinajstić information content (AvgIpc) is 2.68. The zero-order valence-electron chi connectivity index (χ0n) is 16.1. The summed E-state index contributed by atoms with van der Waals surface area (Å²) >= 11 is 0. The molecule has 2 aromatic carbocycles. The van der Waals surface area contributed by atoms with E-state index in [1.807, 2.05) is 47.4 Å². The number of hydrogen-bond donors (Lipinski definition) is 1. The number of rotatable bonds is 9. The van der Waals surface area contributed by atoms with Crippen LogP contribution in [0.2, 0.25) is 0 Å². The summed E-state index contributed by atoms with van der Waals surface area (Å²) in [6.07, 6.45) is 0. The number of likely N-dealkylation sites (N-methyl/N-ethyl adjacent to an activating group) is 1. The summed E-state index contributed by atoms with van der Waals surface area (Å²) in [6.45, 7) is 9.01. The predicted molar refractivity (Wildman–Crippen MR) is 118 cm³/mol. The summed E-state index contributed by atoms with van der Waals surface area (Å²) in [7, 11) is 0. The molecule has 0 bridgehead atoms. The van der Waals surface area contributed by atoms with E-state index in [0.717, 1.165) is 30.8 Å². The molecular formula is C21H31Cl2N3O. The molecule has 2 N–H and O–H groups in total. The Morgan fingerprint density at radius 2 is 1.44 bits per heavy atom. The van der Waals surface area contributed by atoms with Crippen LogP contribution in [0.5, 0.6) is 0 Å². The molecule has 2 aromatic rings. The minimum absolute atomic E-state index is 0. The van der Waals surface area contributed by atoms with Gasteiger partial charge in [-0.3, -0.25) is 4.79 Å². The third-order valence-electron chi connectivity index (χ3n) is 4.52. The van der Waals surface area contributed by atoms with Crippen molar-refractivity contribution in [3.8, 4) is 0 Å². The van der Waals surface area contributed by atoms with E-state index < -0.39 is 0 Å². The van der Waals surface area contributed by atoms with Gasteiger partial charge >= 0.3 is 0 Å². The predicted octanol–water partition coefficient (Wildman–Crippen LogP) is 3.97. The number of nitrogens with zero attached hydrogens (tertiary/aromatic N) is 2. The third kappa shape index (κ3) is 7.89. The van der Waals surface area contributed by atoms with E-state index in [4.69, 9.17) is 5.73 Å². The molecule has 1 amide bonds. The molecule has 6 heteroatoms. The van der Waals surface area contributed by atoms with Crippen LogP contribution >= 0.6 is 24.8 Å². The maximum Gasteiger partial charge on any atom is 0.254 e. The van der Waals surface area contributed by atoms with Gasteiger partial charge in [-0.05, 0) is 36.3 Å². The first-order chi connectivity index (χ1) is 12.2. The van der Waals surface area contributed by atoms with Gasteiger partial charge in [-0.1, -0.05) is 56.3 Å². The monoisotopic (exact) mass is 411 g/mol. The first kappa shape index (κ1) is 25.4. The third-order valence-corrected chi connectivity index (χ3v) is 4.52. The maximum absolute atomic E-state index is 13.0. The van der Waals surface area contributed by atoms with Crippen LogP contribution in [-0.4, -0.2) is 41.9 Å². The topological polar surface area (TPSA) is 49.6 Å². The van der Waals surface area contributed by atoms with Crippen molar-refractivity contribution in [2.75, 3.05) is 26.2 Å². The molecule has 150 valence electrons. The second kappa shape index (κ2) is 13.6. The molecule has 2 rings (SSSR count). The van der Waals surface area contributed by atoms with Crippen molar-refractivity contribution in [1.82, 2.24) is 9.80 Å². The number of carbonyl (C=O) groups excluding carboxylic acids is 1. The Morgan fingerprint density at radius 1 is 0.852 bits per heavy atom. The van der Waals surface area contributed by atoms with Crippen molar-refractivity contribution in [3.05, 3.63) is 71.3 Å². The fraction of sp³-hybridized carbons (Fsp3) is 0.381. The Balaban J connectivity index is 0.00000338. The van der Waals surface area contributed by atoms with E-state index >= 15 is 0 Å². The van der Waals surface area contributed by atoms with E-state index in [-0.39, 0.29) is 30.7 Å². The van der Waals surface area contributed by atoms with Crippen LogP contribution in [0, 0.1) is 0 Å². The van der Waals surface area contributed by atoms with E-state index in [0.29, 0.717) is 25.2 Å². The van der Waals surface area contributed by atoms with Crippen LogP contribution in [0.25, 0.3) is 0 Å². The van der Waals surface area contributed by atoms with Gasteiger partial charge in [-0.25, -0.2) is 0 Å². The molecule has 0 atom stereocenters. The van der Waals surface area contributed by atoms with Gasteiger partial charge in [-0.15, -0.1) is 24.8 Å². The summed E-state index contributed by atoms with van der Waals surface area (Å²) < 4.78 is 0. The largest absolute Gasteiger partial charge is 0.333 e. The molecule has 0 aliphatic carbocycles. The number of halogens is 2. The summed E-state index contributed by atoms with van der Waals surface area (Å²) in [4.78, 5) is 17.3. The van der Waals surface area contributed by atoms with Crippen molar-refractivity contribution in [2.24, 2.45) is 5.73 Å². The van der Waals surface area contributed by atoms with Crippen LogP contribution in [0.4, 0.5) is 0 Å². The number of hydrogen-bond acceptors (Lipinski definition) is 3. The van der Waals surface area contributed by atoms with Crippen LogP contribution in [0.1, 0.15) is 35.3 Å². The van der Waals surface area contributed by atoms with Crippen LogP contribution in [0.3, 0.4) is 0 Å². The normalized spacial score (nSPS) is 10.1. The standard InChI is InChI=1S/C21H29N3O.2ClH/c1-3-23(4-2)14-15-24(17-19-8-6-5-7-9-19)21(25)20-12-10-18(16-22)11-13-20;;/h5-13H,3-4,14-17,22H2,1-2H3;2*1H. The van der Waals surface area contributed by atoms with Crippen molar-refractivity contribution < 1.29 is 4.79 Å². The lowest BCUT2D eigenvalue weighted by Gasteiger charge is -2.27. The zero-order valence-corrected chi connectivity index (χ0v) is 17.8. The lowest BCUT2D eigenvalue weighted by atomic mass is 10.1. The van der Waals surface area contributed by atoms with Gasteiger partial charge < -0.3 is 15.5 Å². The number of amides is 1. The Hall–Kier alpha value is -1.59. The van der Waals surface area contributed by atoms with E-state index in [2.05, 4.69) is 30.9 Å². The van der Waals surface area contributed by atoms with Crippen molar-refractivity contribution in [1.29, 1.82) is 0 Å². The van der Waals surface area contributed by atoms with Gasteiger partial charge in [0, 0.05) is 31.7 Å². The minimum atomic E-state index is 0. The Labute approximate surface area is 175 Å². The molecule has 0 aromatic heterocycles. The molecular weight excluding hydrogens is 381 g/mol. The second-order valence-electron chi connectivity index (χ2n) is 6.14.